The Bertz CT molecular complexity index is 662. The molecule has 160 valence electrons. The molecule has 0 saturated carbocycles. The fourth-order valence-corrected chi connectivity index (χ4v) is 3.93. The first-order valence-electron chi connectivity index (χ1n) is 9.59. The highest BCUT2D eigenvalue weighted by Gasteiger charge is 2.31. The Morgan fingerprint density at radius 2 is 1.89 bits per heavy atom. The molecular formula is C19H31Cl2N3O4. The van der Waals surface area contributed by atoms with Gasteiger partial charge in [0.2, 0.25) is 0 Å². The highest BCUT2D eigenvalue weighted by molar-refractivity contribution is 5.92. The monoisotopic (exact) mass is 435 g/mol. The van der Waals surface area contributed by atoms with Crippen LogP contribution in [0, 0.1) is 5.92 Å². The van der Waals surface area contributed by atoms with E-state index in [4.69, 9.17) is 10.2 Å². The molecule has 2 aliphatic rings. The average Bonchev–Trinajstić information content (AvgIpc) is 3.22. The minimum absolute atomic E-state index is 0. The van der Waals surface area contributed by atoms with Gasteiger partial charge in [0, 0.05) is 37.7 Å². The Morgan fingerprint density at radius 3 is 2.50 bits per heavy atom. The van der Waals surface area contributed by atoms with E-state index in [0.717, 1.165) is 37.4 Å². The molecule has 9 heteroatoms. The number of nitrogens with zero attached hydrogens (tertiary/aromatic N) is 2. The zero-order valence-electron chi connectivity index (χ0n) is 16.3. The number of carbonyl (C=O) groups excluding carboxylic acids is 1. The van der Waals surface area contributed by atoms with E-state index in [-0.39, 0.29) is 43.3 Å². The smallest absolute Gasteiger partial charge is 0.308 e. The summed E-state index contributed by atoms with van der Waals surface area (Å²) in [6.07, 6.45) is 4.27. The van der Waals surface area contributed by atoms with Crippen molar-refractivity contribution < 1.29 is 19.1 Å². The van der Waals surface area contributed by atoms with Crippen molar-refractivity contribution in [1.29, 1.82) is 0 Å². The topological polar surface area (TPSA) is 100 Å². The third-order valence-corrected chi connectivity index (χ3v) is 5.44. The van der Waals surface area contributed by atoms with Crippen LogP contribution in [0.15, 0.2) is 10.5 Å². The number of halogens is 2. The number of aliphatic carboxylic acids is 1. The molecule has 3 N–H and O–H groups in total. The van der Waals surface area contributed by atoms with Crippen LogP contribution in [0.4, 0.5) is 0 Å². The number of likely N-dealkylation sites (tertiary alicyclic amines) is 2. The Morgan fingerprint density at radius 1 is 1.21 bits per heavy atom. The summed E-state index contributed by atoms with van der Waals surface area (Å²) in [5.74, 6) is -0.558. The average molecular weight is 436 g/mol. The number of carbonyl (C=O) groups is 2. The van der Waals surface area contributed by atoms with Crippen LogP contribution >= 0.6 is 24.8 Å². The van der Waals surface area contributed by atoms with Gasteiger partial charge in [0.25, 0.3) is 5.91 Å². The number of hydrogen-bond acceptors (Lipinski definition) is 5. The molecule has 0 spiro atoms. The number of hydrogen-bond donors (Lipinski definition) is 2. The molecule has 2 saturated heterocycles. The Labute approximate surface area is 178 Å². The lowest BCUT2D eigenvalue weighted by Gasteiger charge is -2.23. The van der Waals surface area contributed by atoms with Gasteiger partial charge in [0.1, 0.15) is 5.76 Å². The van der Waals surface area contributed by atoms with Crippen molar-refractivity contribution >= 4 is 36.7 Å². The van der Waals surface area contributed by atoms with Gasteiger partial charge in [-0.2, -0.15) is 0 Å². The fraction of sp³-hybridized carbons (Fsp3) is 0.684. The Kier molecular flexibility index (Phi) is 9.77. The van der Waals surface area contributed by atoms with Gasteiger partial charge in [-0.1, -0.05) is 6.92 Å². The number of amides is 1. The molecule has 0 aromatic carbocycles. The van der Waals surface area contributed by atoms with E-state index in [2.05, 4.69) is 4.90 Å². The van der Waals surface area contributed by atoms with Crippen LogP contribution < -0.4 is 5.73 Å². The van der Waals surface area contributed by atoms with Gasteiger partial charge < -0.3 is 20.2 Å². The summed E-state index contributed by atoms with van der Waals surface area (Å²) in [7, 11) is 0. The summed E-state index contributed by atoms with van der Waals surface area (Å²) in [5.41, 5.74) is 7.11. The molecule has 0 unspecified atom stereocenters. The predicted octanol–water partition coefficient (Wildman–Crippen LogP) is 2.55. The van der Waals surface area contributed by atoms with E-state index in [0.29, 0.717) is 25.1 Å². The first-order valence-corrected chi connectivity index (χ1v) is 9.59. The second-order valence-electron chi connectivity index (χ2n) is 7.48. The van der Waals surface area contributed by atoms with Crippen molar-refractivity contribution in [3.8, 4) is 0 Å². The van der Waals surface area contributed by atoms with E-state index in [9.17, 15) is 14.7 Å². The molecular weight excluding hydrogens is 405 g/mol. The van der Waals surface area contributed by atoms with Gasteiger partial charge in [-0.15, -0.1) is 24.8 Å². The molecule has 2 fully saturated rings. The molecule has 0 aliphatic carbocycles. The lowest BCUT2D eigenvalue weighted by atomic mass is 10.0. The quantitative estimate of drug-likeness (QED) is 0.736. The van der Waals surface area contributed by atoms with Crippen molar-refractivity contribution in [3.63, 3.8) is 0 Å². The van der Waals surface area contributed by atoms with Crippen LogP contribution in [0.3, 0.4) is 0 Å². The van der Waals surface area contributed by atoms with Crippen LogP contribution in [-0.2, 0) is 17.8 Å². The SMILES string of the molecule is CCc1oc(C(=O)N2C[C@H](N)CC[C@H](C(=O)O)C2)cc1CN1CCCC1.Cl.Cl. The first-order chi connectivity index (χ1) is 12.5. The maximum Gasteiger partial charge on any atom is 0.308 e. The van der Waals surface area contributed by atoms with E-state index < -0.39 is 11.9 Å². The molecule has 2 atom stereocenters. The summed E-state index contributed by atoms with van der Waals surface area (Å²) in [4.78, 5) is 28.3. The van der Waals surface area contributed by atoms with Crippen molar-refractivity contribution in [2.75, 3.05) is 26.2 Å². The van der Waals surface area contributed by atoms with Gasteiger partial charge in [0.05, 0.1) is 5.92 Å². The van der Waals surface area contributed by atoms with Crippen LogP contribution in [-0.4, -0.2) is 59.0 Å². The van der Waals surface area contributed by atoms with E-state index in [1.165, 1.54) is 12.8 Å². The molecule has 0 bridgehead atoms. The molecule has 0 radical (unpaired) electrons. The molecule has 1 amide bonds. The summed E-state index contributed by atoms with van der Waals surface area (Å²) in [6.45, 7) is 5.54. The Hall–Kier alpha value is -1.28. The van der Waals surface area contributed by atoms with Gasteiger partial charge in [-0.25, -0.2) is 0 Å². The van der Waals surface area contributed by atoms with Gasteiger partial charge in [-0.05, 0) is 44.8 Å². The number of rotatable bonds is 5. The van der Waals surface area contributed by atoms with Crippen LogP contribution in [0.25, 0.3) is 0 Å². The maximum absolute atomic E-state index is 13.0. The van der Waals surface area contributed by atoms with Gasteiger partial charge in [-0.3, -0.25) is 14.5 Å². The molecule has 1 aromatic rings. The zero-order chi connectivity index (χ0) is 18.7. The van der Waals surface area contributed by atoms with Crippen molar-refractivity contribution in [2.45, 2.75) is 51.6 Å². The number of carboxylic acids is 1. The highest BCUT2D eigenvalue weighted by atomic mass is 35.5. The minimum atomic E-state index is -0.875. The summed E-state index contributed by atoms with van der Waals surface area (Å²) < 4.78 is 5.85. The summed E-state index contributed by atoms with van der Waals surface area (Å²) >= 11 is 0. The molecule has 28 heavy (non-hydrogen) atoms. The summed E-state index contributed by atoms with van der Waals surface area (Å²) in [5, 5.41) is 9.36. The lowest BCUT2D eigenvalue weighted by molar-refractivity contribution is -0.142. The van der Waals surface area contributed by atoms with Crippen molar-refractivity contribution in [3.05, 3.63) is 23.2 Å². The van der Waals surface area contributed by atoms with Crippen molar-refractivity contribution in [1.82, 2.24) is 9.80 Å². The van der Waals surface area contributed by atoms with Crippen LogP contribution in [0.5, 0.6) is 0 Å². The molecule has 1 aromatic heterocycles. The second-order valence-corrected chi connectivity index (χ2v) is 7.48. The van der Waals surface area contributed by atoms with Crippen molar-refractivity contribution in [2.24, 2.45) is 11.7 Å². The third-order valence-electron chi connectivity index (χ3n) is 5.44. The minimum Gasteiger partial charge on any atom is -0.481 e. The second kappa shape index (κ2) is 11.0. The number of carboxylic acid groups (broad SMARTS) is 1. The molecule has 3 rings (SSSR count). The largest absolute Gasteiger partial charge is 0.481 e. The van der Waals surface area contributed by atoms with E-state index >= 15 is 0 Å². The molecule has 2 aliphatic heterocycles. The fourth-order valence-electron chi connectivity index (χ4n) is 3.93. The molecule has 7 nitrogen and oxygen atoms in total. The predicted molar refractivity (Wildman–Crippen MR) is 111 cm³/mol. The zero-order valence-corrected chi connectivity index (χ0v) is 17.9. The standard InChI is InChI=1S/C19H29N3O4.2ClH/c1-2-16-14(10-21-7-3-4-8-21)9-17(26-16)18(23)22-11-13(19(24)25)5-6-15(20)12-22;;/h9,13,15H,2-8,10-12,20H2,1H3,(H,24,25);2*1H/t13-,15+;;/m0../s1. The summed E-state index contributed by atoms with van der Waals surface area (Å²) in [6, 6.07) is 1.64. The number of nitrogens with two attached hydrogens (primary N) is 1. The normalized spacial score (nSPS) is 22.9. The Balaban J connectivity index is 0.00000196. The molecule has 3 heterocycles. The van der Waals surface area contributed by atoms with E-state index in [1.54, 1.807) is 4.90 Å². The number of aryl methyl sites for hydroxylation is 1. The maximum atomic E-state index is 13.0. The van der Waals surface area contributed by atoms with E-state index in [1.807, 2.05) is 13.0 Å². The third kappa shape index (κ3) is 5.86. The van der Waals surface area contributed by atoms with Crippen LogP contribution in [0.2, 0.25) is 0 Å². The van der Waals surface area contributed by atoms with Gasteiger partial charge in [0.15, 0.2) is 5.76 Å². The van der Waals surface area contributed by atoms with Crippen LogP contribution in [0.1, 0.15) is 54.5 Å². The lowest BCUT2D eigenvalue weighted by Crippen LogP contribution is -2.41. The van der Waals surface area contributed by atoms with Gasteiger partial charge >= 0.3 is 5.97 Å². The first kappa shape index (κ1) is 24.8. The number of furan rings is 1. The highest BCUT2D eigenvalue weighted by Crippen LogP contribution is 2.24.